The van der Waals surface area contributed by atoms with E-state index in [1.165, 1.54) is 7.11 Å². The number of halogens is 1. The molecular formula is C11H19ClN2O4S2. The first-order valence-electron chi connectivity index (χ1n) is 5.55. The molecule has 0 unspecified atom stereocenters. The molecule has 0 saturated carbocycles. The topological polar surface area (TPSA) is 98.5 Å². The van der Waals surface area contributed by atoms with E-state index in [0.29, 0.717) is 5.56 Å². The van der Waals surface area contributed by atoms with E-state index in [-0.39, 0.29) is 28.7 Å². The zero-order valence-electron chi connectivity index (χ0n) is 11.7. The number of hydrogen-bond acceptors (Lipinski definition) is 6. The number of methoxy groups -OCH3 is 1. The van der Waals surface area contributed by atoms with Gasteiger partial charge in [0.25, 0.3) is 0 Å². The van der Waals surface area contributed by atoms with Crippen LogP contribution in [-0.4, -0.2) is 33.6 Å². The van der Waals surface area contributed by atoms with E-state index in [1.54, 1.807) is 26.2 Å². The van der Waals surface area contributed by atoms with Crippen molar-refractivity contribution in [3.8, 4) is 0 Å². The van der Waals surface area contributed by atoms with Crippen molar-refractivity contribution in [2.24, 2.45) is 5.73 Å². The number of thiophene rings is 1. The molecule has 1 aromatic heterocycles. The molecule has 0 aliphatic rings. The van der Waals surface area contributed by atoms with Gasteiger partial charge in [0, 0.05) is 12.1 Å². The highest BCUT2D eigenvalue weighted by molar-refractivity contribution is 7.89. The summed E-state index contributed by atoms with van der Waals surface area (Å²) in [6.07, 6.45) is 0. The molecule has 0 aliphatic heterocycles. The number of aryl methyl sites for hydroxylation is 1. The summed E-state index contributed by atoms with van der Waals surface area (Å²) in [5, 5.41) is 1.61. The molecule has 1 heterocycles. The second-order valence-electron chi connectivity index (χ2n) is 4.76. The van der Waals surface area contributed by atoms with Crippen LogP contribution in [0.1, 0.15) is 29.1 Å². The number of sulfonamides is 1. The molecule has 1 aromatic rings. The Labute approximate surface area is 129 Å². The quantitative estimate of drug-likeness (QED) is 0.785. The summed E-state index contributed by atoms with van der Waals surface area (Å²) in [7, 11) is -2.61. The Morgan fingerprint density at radius 1 is 1.50 bits per heavy atom. The van der Waals surface area contributed by atoms with Gasteiger partial charge in [0.15, 0.2) is 0 Å². The van der Waals surface area contributed by atoms with Crippen LogP contribution in [0.5, 0.6) is 0 Å². The Hall–Kier alpha value is -0.670. The normalized spacial score (nSPS) is 11.8. The molecular weight excluding hydrogens is 324 g/mol. The van der Waals surface area contributed by atoms with Gasteiger partial charge in [0.05, 0.1) is 7.11 Å². The van der Waals surface area contributed by atoms with Gasteiger partial charge in [0.2, 0.25) is 10.0 Å². The maximum atomic E-state index is 12.4. The number of rotatable bonds is 5. The Kier molecular flexibility index (Phi) is 6.63. The first-order chi connectivity index (χ1) is 8.64. The van der Waals surface area contributed by atoms with Crippen LogP contribution in [0.2, 0.25) is 0 Å². The maximum absolute atomic E-state index is 12.4. The summed E-state index contributed by atoms with van der Waals surface area (Å²) in [6, 6.07) is 0. The monoisotopic (exact) mass is 342 g/mol. The number of ether oxygens (including phenoxy) is 1. The van der Waals surface area contributed by atoms with E-state index >= 15 is 0 Å². The van der Waals surface area contributed by atoms with Gasteiger partial charge in [-0.15, -0.1) is 23.7 Å². The Bertz CT molecular complexity index is 581. The summed E-state index contributed by atoms with van der Waals surface area (Å²) in [4.78, 5) is 11.6. The summed E-state index contributed by atoms with van der Waals surface area (Å²) in [6.45, 7) is 5.12. The van der Waals surface area contributed by atoms with Gasteiger partial charge in [-0.3, -0.25) is 0 Å². The predicted molar refractivity (Wildman–Crippen MR) is 81.1 cm³/mol. The second-order valence-corrected chi connectivity index (χ2v) is 7.26. The molecule has 0 spiro atoms. The Morgan fingerprint density at radius 2 is 2.05 bits per heavy atom. The number of esters is 1. The molecule has 116 valence electrons. The lowest BCUT2D eigenvalue weighted by Gasteiger charge is -2.24. The molecule has 0 atom stereocenters. The molecule has 0 saturated heterocycles. The van der Waals surface area contributed by atoms with Gasteiger partial charge in [-0.05, 0) is 31.7 Å². The first-order valence-corrected chi connectivity index (χ1v) is 7.91. The maximum Gasteiger partial charge on any atom is 0.349 e. The molecule has 0 aromatic carbocycles. The lowest BCUT2D eigenvalue weighted by molar-refractivity contribution is 0.0602. The molecule has 0 amide bonds. The average molecular weight is 343 g/mol. The van der Waals surface area contributed by atoms with Crippen molar-refractivity contribution < 1.29 is 17.9 Å². The van der Waals surface area contributed by atoms with Gasteiger partial charge < -0.3 is 10.5 Å². The zero-order valence-corrected chi connectivity index (χ0v) is 14.2. The minimum atomic E-state index is -3.82. The SMILES string of the molecule is COC(=O)c1scc(C)c1S(=O)(=O)NC(C)(C)CN.Cl. The largest absolute Gasteiger partial charge is 0.465 e. The lowest BCUT2D eigenvalue weighted by Crippen LogP contribution is -2.48. The standard InChI is InChI=1S/C11H18N2O4S2.ClH/c1-7-5-18-8(10(14)17-4)9(7)19(15,16)13-11(2,3)6-12;/h5,13H,6,12H2,1-4H3;1H. The molecule has 1 rings (SSSR count). The van der Waals surface area contributed by atoms with Gasteiger partial charge in [0.1, 0.15) is 9.77 Å². The highest BCUT2D eigenvalue weighted by atomic mass is 35.5. The van der Waals surface area contributed by atoms with Crippen LogP contribution in [0.15, 0.2) is 10.3 Å². The van der Waals surface area contributed by atoms with Gasteiger partial charge in [-0.2, -0.15) is 0 Å². The summed E-state index contributed by atoms with van der Waals surface area (Å²) >= 11 is 1.04. The minimum Gasteiger partial charge on any atom is -0.465 e. The van der Waals surface area contributed by atoms with Crippen molar-refractivity contribution in [3.05, 3.63) is 15.8 Å². The molecule has 20 heavy (non-hydrogen) atoms. The van der Waals surface area contributed by atoms with E-state index < -0.39 is 21.5 Å². The van der Waals surface area contributed by atoms with Crippen LogP contribution in [0.4, 0.5) is 0 Å². The van der Waals surface area contributed by atoms with E-state index in [2.05, 4.69) is 9.46 Å². The first kappa shape index (κ1) is 19.3. The van der Waals surface area contributed by atoms with Crippen molar-refractivity contribution >= 4 is 39.7 Å². The Balaban J connectivity index is 0.00000361. The van der Waals surface area contributed by atoms with Crippen LogP contribution in [0, 0.1) is 6.92 Å². The van der Waals surface area contributed by atoms with Gasteiger partial charge in [-0.1, -0.05) is 0 Å². The highest BCUT2D eigenvalue weighted by Crippen LogP contribution is 2.28. The fourth-order valence-corrected chi connectivity index (χ4v) is 4.59. The van der Waals surface area contributed by atoms with Crippen molar-refractivity contribution in [2.45, 2.75) is 31.2 Å². The van der Waals surface area contributed by atoms with Crippen LogP contribution in [0.3, 0.4) is 0 Å². The third kappa shape index (κ3) is 4.16. The third-order valence-corrected chi connectivity index (χ3v) is 5.57. The smallest absolute Gasteiger partial charge is 0.349 e. The summed E-state index contributed by atoms with van der Waals surface area (Å²) in [5.74, 6) is -0.663. The van der Waals surface area contributed by atoms with Crippen molar-refractivity contribution in [3.63, 3.8) is 0 Å². The van der Waals surface area contributed by atoms with Crippen molar-refractivity contribution in [2.75, 3.05) is 13.7 Å². The number of carbonyl (C=O) groups is 1. The fourth-order valence-electron chi connectivity index (χ4n) is 1.46. The van der Waals surface area contributed by atoms with E-state index in [1.807, 2.05) is 0 Å². The highest BCUT2D eigenvalue weighted by Gasteiger charge is 2.31. The fraction of sp³-hybridized carbons (Fsp3) is 0.545. The molecule has 0 fully saturated rings. The summed E-state index contributed by atoms with van der Waals surface area (Å²) < 4.78 is 31.8. The van der Waals surface area contributed by atoms with Crippen LogP contribution >= 0.6 is 23.7 Å². The second kappa shape index (κ2) is 6.86. The third-order valence-electron chi connectivity index (χ3n) is 2.48. The van der Waals surface area contributed by atoms with Gasteiger partial charge in [-0.25, -0.2) is 17.9 Å². The van der Waals surface area contributed by atoms with E-state index in [4.69, 9.17) is 5.73 Å². The molecule has 6 nitrogen and oxygen atoms in total. The molecule has 9 heteroatoms. The van der Waals surface area contributed by atoms with Crippen LogP contribution in [0.25, 0.3) is 0 Å². The molecule has 0 bridgehead atoms. The summed E-state index contributed by atoms with van der Waals surface area (Å²) in [5.41, 5.74) is 5.23. The van der Waals surface area contributed by atoms with Crippen molar-refractivity contribution in [1.82, 2.24) is 4.72 Å². The molecule has 0 radical (unpaired) electrons. The van der Waals surface area contributed by atoms with E-state index in [0.717, 1.165) is 11.3 Å². The van der Waals surface area contributed by atoms with Crippen LogP contribution in [-0.2, 0) is 14.8 Å². The zero-order chi connectivity index (χ0) is 14.8. The van der Waals surface area contributed by atoms with Gasteiger partial charge >= 0.3 is 5.97 Å². The predicted octanol–water partition coefficient (Wildman–Crippen LogP) is 1.28. The Morgan fingerprint density at radius 3 is 2.50 bits per heavy atom. The lowest BCUT2D eigenvalue weighted by atomic mass is 10.1. The molecule has 0 aliphatic carbocycles. The van der Waals surface area contributed by atoms with Crippen molar-refractivity contribution in [1.29, 1.82) is 0 Å². The number of nitrogens with two attached hydrogens (primary N) is 1. The molecule has 3 N–H and O–H groups in total. The van der Waals surface area contributed by atoms with E-state index in [9.17, 15) is 13.2 Å². The minimum absolute atomic E-state index is 0. The van der Waals surface area contributed by atoms with Crippen LogP contribution < -0.4 is 10.5 Å². The number of carbonyl (C=O) groups excluding carboxylic acids is 1. The number of nitrogens with one attached hydrogen (secondary N) is 1. The average Bonchev–Trinajstić information content (AvgIpc) is 2.69. The number of hydrogen-bond donors (Lipinski definition) is 2.